The largest absolute Gasteiger partial charge is 0.484 e. The summed E-state index contributed by atoms with van der Waals surface area (Å²) in [5, 5.41) is 4.50. The first-order valence-corrected chi connectivity index (χ1v) is 8.28. The molecule has 0 radical (unpaired) electrons. The molecule has 5 nitrogen and oxygen atoms in total. The van der Waals surface area contributed by atoms with Crippen molar-refractivity contribution in [2.45, 2.75) is 26.4 Å². The fourth-order valence-electron chi connectivity index (χ4n) is 2.28. The number of carbonyl (C=O) groups excluding carboxylic acids is 1. The highest BCUT2D eigenvalue weighted by atomic mass is 35.5. The number of hydrogen-bond donors (Lipinski definition) is 0. The van der Waals surface area contributed by atoms with Crippen LogP contribution in [0.4, 0.5) is 0 Å². The third-order valence-electron chi connectivity index (χ3n) is 3.63. The van der Waals surface area contributed by atoms with Crippen LogP contribution in [0.2, 0.25) is 5.02 Å². The van der Waals surface area contributed by atoms with Crippen LogP contribution in [0.3, 0.4) is 0 Å². The third kappa shape index (κ3) is 4.67. The summed E-state index contributed by atoms with van der Waals surface area (Å²) in [5.41, 5.74) is 1.82. The van der Waals surface area contributed by atoms with Crippen molar-refractivity contribution in [2.75, 3.05) is 0 Å². The lowest BCUT2D eigenvalue weighted by molar-refractivity contribution is -0.116. The van der Waals surface area contributed by atoms with Gasteiger partial charge in [0.05, 0.1) is 5.02 Å². The summed E-state index contributed by atoms with van der Waals surface area (Å²) >= 11 is 6.13. The Kier molecular flexibility index (Phi) is 5.46. The van der Waals surface area contributed by atoms with Gasteiger partial charge in [-0.3, -0.25) is 0 Å². The van der Waals surface area contributed by atoms with Crippen molar-refractivity contribution in [3.8, 4) is 17.1 Å². The monoisotopic (exact) mass is 356 g/mol. The van der Waals surface area contributed by atoms with Gasteiger partial charge in [-0.05, 0) is 43.2 Å². The lowest BCUT2D eigenvalue weighted by Crippen LogP contribution is -1.97. The smallest absolute Gasteiger partial charge is 0.264 e. The number of hydrogen-bond acceptors (Lipinski definition) is 5. The molecule has 0 aliphatic heterocycles. The van der Waals surface area contributed by atoms with Gasteiger partial charge in [0, 0.05) is 12.0 Å². The van der Waals surface area contributed by atoms with Gasteiger partial charge in [0.1, 0.15) is 11.5 Å². The number of nitrogens with zero attached hydrogens (tertiary/aromatic N) is 2. The molecular weight excluding hydrogens is 340 g/mol. The van der Waals surface area contributed by atoms with Crippen LogP contribution in [0, 0.1) is 0 Å². The standard InChI is InChI=1S/C19H17ClN2O3/c1-13(23)6-7-14-8-10-15(11-9-14)24-12-18-21-19(22-25-18)16-4-2-3-5-17(16)20/h2-5,8-11H,6-7,12H2,1H3. The number of carbonyl (C=O) groups is 1. The maximum absolute atomic E-state index is 11.0. The second-order valence-corrected chi connectivity index (χ2v) is 6.03. The first-order chi connectivity index (χ1) is 12.1. The van der Waals surface area contributed by atoms with Gasteiger partial charge in [0.15, 0.2) is 6.61 Å². The van der Waals surface area contributed by atoms with Crippen LogP contribution in [0.5, 0.6) is 5.75 Å². The van der Waals surface area contributed by atoms with E-state index in [9.17, 15) is 4.79 Å². The Morgan fingerprint density at radius 3 is 2.64 bits per heavy atom. The van der Waals surface area contributed by atoms with E-state index in [1.807, 2.05) is 42.5 Å². The Hall–Kier alpha value is -2.66. The molecule has 3 rings (SSSR count). The Labute approximate surface area is 150 Å². The molecule has 1 aromatic heterocycles. The first kappa shape index (κ1) is 17.2. The lowest BCUT2D eigenvalue weighted by Gasteiger charge is -2.04. The van der Waals surface area contributed by atoms with E-state index in [2.05, 4.69) is 10.1 Å². The van der Waals surface area contributed by atoms with Crippen molar-refractivity contribution in [1.29, 1.82) is 0 Å². The molecule has 0 bridgehead atoms. The number of rotatable bonds is 7. The minimum atomic E-state index is 0.171. The Morgan fingerprint density at radius 2 is 1.92 bits per heavy atom. The second kappa shape index (κ2) is 7.94. The average Bonchev–Trinajstić information content (AvgIpc) is 3.08. The van der Waals surface area contributed by atoms with Crippen LogP contribution < -0.4 is 4.74 Å². The van der Waals surface area contributed by atoms with Crippen molar-refractivity contribution in [3.05, 3.63) is 65.0 Å². The molecule has 25 heavy (non-hydrogen) atoms. The van der Waals surface area contributed by atoms with E-state index in [1.54, 1.807) is 13.0 Å². The minimum absolute atomic E-state index is 0.171. The van der Waals surface area contributed by atoms with Gasteiger partial charge in [0.2, 0.25) is 5.82 Å². The van der Waals surface area contributed by atoms with E-state index in [-0.39, 0.29) is 12.4 Å². The summed E-state index contributed by atoms with van der Waals surface area (Å²) in [6.45, 7) is 1.77. The predicted molar refractivity (Wildman–Crippen MR) is 94.5 cm³/mol. The summed E-state index contributed by atoms with van der Waals surface area (Å²) < 4.78 is 10.9. The molecule has 0 N–H and O–H groups in total. The lowest BCUT2D eigenvalue weighted by atomic mass is 10.1. The Bertz CT molecular complexity index is 859. The van der Waals surface area contributed by atoms with Crippen molar-refractivity contribution in [1.82, 2.24) is 10.1 Å². The molecule has 0 fully saturated rings. The highest BCUT2D eigenvalue weighted by Crippen LogP contribution is 2.25. The van der Waals surface area contributed by atoms with E-state index in [4.69, 9.17) is 20.9 Å². The van der Waals surface area contributed by atoms with Gasteiger partial charge in [-0.2, -0.15) is 4.98 Å². The quantitative estimate of drug-likeness (QED) is 0.624. The molecule has 0 aliphatic rings. The molecule has 0 saturated carbocycles. The summed E-state index contributed by atoms with van der Waals surface area (Å²) in [6.07, 6.45) is 1.29. The van der Waals surface area contributed by atoms with Crippen molar-refractivity contribution in [2.24, 2.45) is 0 Å². The zero-order valence-corrected chi connectivity index (χ0v) is 14.5. The maximum Gasteiger partial charge on any atom is 0.264 e. The molecule has 0 atom stereocenters. The second-order valence-electron chi connectivity index (χ2n) is 5.63. The third-order valence-corrected chi connectivity index (χ3v) is 3.96. The van der Waals surface area contributed by atoms with Crippen LogP contribution in [0.15, 0.2) is 53.1 Å². The SMILES string of the molecule is CC(=O)CCc1ccc(OCc2nc(-c3ccccc3Cl)no2)cc1. The number of ketones is 1. The summed E-state index contributed by atoms with van der Waals surface area (Å²) in [7, 11) is 0. The highest BCUT2D eigenvalue weighted by molar-refractivity contribution is 6.33. The van der Waals surface area contributed by atoms with Gasteiger partial charge in [-0.1, -0.05) is 41.0 Å². The molecule has 0 unspecified atom stereocenters. The highest BCUT2D eigenvalue weighted by Gasteiger charge is 2.11. The van der Waals surface area contributed by atoms with Gasteiger partial charge < -0.3 is 14.1 Å². The van der Waals surface area contributed by atoms with Gasteiger partial charge in [0.25, 0.3) is 5.89 Å². The summed E-state index contributed by atoms with van der Waals surface area (Å²) in [5.74, 6) is 1.69. The van der Waals surface area contributed by atoms with E-state index < -0.39 is 0 Å². The summed E-state index contributed by atoms with van der Waals surface area (Å²) in [4.78, 5) is 15.3. The Balaban J connectivity index is 1.59. The van der Waals surface area contributed by atoms with E-state index >= 15 is 0 Å². The van der Waals surface area contributed by atoms with Crippen molar-refractivity contribution >= 4 is 17.4 Å². The van der Waals surface area contributed by atoms with E-state index in [0.717, 1.165) is 12.0 Å². The fourth-order valence-corrected chi connectivity index (χ4v) is 2.50. The van der Waals surface area contributed by atoms with Crippen LogP contribution in [-0.4, -0.2) is 15.9 Å². The van der Waals surface area contributed by atoms with Gasteiger partial charge >= 0.3 is 0 Å². The number of aryl methyl sites for hydroxylation is 1. The van der Waals surface area contributed by atoms with Gasteiger partial charge in [-0.25, -0.2) is 0 Å². The zero-order valence-electron chi connectivity index (χ0n) is 13.7. The summed E-state index contributed by atoms with van der Waals surface area (Å²) in [6, 6.07) is 14.9. The molecule has 0 saturated heterocycles. The van der Waals surface area contributed by atoms with Crippen molar-refractivity contribution in [3.63, 3.8) is 0 Å². The molecule has 0 aliphatic carbocycles. The zero-order chi connectivity index (χ0) is 17.6. The van der Waals surface area contributed by atoms with E-state index in [0.29, 0.717) is 34.5 Å². The molecular formula is C19H17ClN2O3. The normalized spacial score (nSPS) is 10.6. The van der Waals surface area contributed by atoms with Crippen molar-refractivity contribution < 1.29 is 14.1 Å². The molecule has 2 aromatic carbocycles. The number of Topliss-reactive ketones (excluding diaryl/α,β-unsaturated/α-hetero) is 1. The number of benzene rings is 2. The van der Waals surface area contributed by atoms with Gasteiger partial charge in [-0.15, -0.1) is 0 Å². The maximum atomic E-state index is 11.0. The first-order valence-electron chi connectivity index (χ1n) is 7.90. The van der Waals surface area contributed by atoms with Crippen LogP contribution in [-0.2, 0) is 17.8 Å². The van der Waals surface area contributed by atoms with Crippen LogP contribution in [0.25, 0.3) is 11.4 Å². The number of aromatic nitrogens is 2. The molecule has 3 aromatic rings. The number of ether oxygens (including phenoxy) is 1. The van der Waals surface area contributed by atoms with Crippen LogP contribution >= 0.6 is 11.6 Å². The molecule has 0 spiro atoms. The molecule has 128 valence electrons. The minimum Gasteiger partial charge on any atom is -0.484 e. The number of halogens is 1. The van der Waals surface area contributed by atoms with Crippen LogP contribution in [0.1, 0.15) is 24.8 Å². The predicted octanol–water partition coefficient (Wildman–Crippen LogP) is 4.49. The Morgan fingerprint density at radius 1 is 1.16 bits per heavy atom. The topological polar surface area (TPSA) is 65.2 Å². The average molecular weight is 357 g/mol. The molecule has 6 heteroatoms. The molecule has 1 heterocycles. The fraction of sp³-hybridized carbons (Fsp3) is 0.211. The van der Waals surface area contributed by atoms with E-state index in [1.165, 1.54) is 0 Å². The molecule has 0 amide bonds.